The molecule has 0 saturated heterocycles. The Labute approximate surface area is 196 Å². The van der Waals surface area contributed by atoms with E-state index in [4.69, 9.17) is 18.6 Å². The molecule has 0 fully saturated rings. The molecule has 4 rings (SSSR count). The molecule has 0 unspecified atom stereocenters. The monoisotopic (exact) mass is 458 g/mol. The second-order valence-electron chi connectivity index (χ2n) is 7.18. The number of carbonyl (C=O) groups is 1. The van der Waals surface area contributed by atoms with E-state index in [-0.39, 0.29) is 30.1 Å². The van der Waals surface area contributed by atoms with E-state index in [9.17, 15) is 9.90 Å². The van der Waals surface area contributed by atoms with E-state index in [0.717, 1.165) is 11.1 Å². The molecule has 0 spiro atoms. The van der Waals surface area contributed by atoms with Crippen molar-refractivity contribution in [1.82, 2.24) is 10.2 Å². The lowest BCUT2D eigenvalue weighted by Gasteiger charge is -2.10. The lowest BCUT2D eigenvalue weighted by Crippen LogP contribution is -1.98. The topological polar surface area (TPSA) is 104 Å². The molecule has 1 heterocycles. The number of ketones is 1. The zero-order valence-electron chi connectivity index (χ0n) is 18.4. The number of rotatable bonds is 10. The van der Waals surface area contributed by atoms with Crippen molar-refractivity contribution in [2.45, 2.75) is 13.2 Å². The molecule has 8 nitrogen and oxygen atoms in total. The molecule has 0 saturated carbocycles. The first-order valence-corrected chi connectivity index (χ1v) is 10.4. The summed E-state index contributed by atoms with van der Waals surface area (Å²) in [6.45, 7) is 0.355. The summed E-state index contributed by atoms with van der Waals surface area (Å²) >= 11 is 0. The van der Waals surface area contributed by atoms with Crippen LogP contribution in [0.3, 0.4) is 0 Å². The molecule has 4 aromatic rings. The third kappa shape index (κ3) is 6.01. The maximum atomic E-state index is 12.3. The maximum Gasteiger partial charge on any atom is 0.415 e. The summed E-state index contributed by atoms with van der Waals surface area (Å²) in [7, 11) is 1.53. The van der Waals surface area contributed by atoms with Crippen molar-refractivity contribution in [2.75, 3.05) is 7.11 Å². The first-order valence-electron chi connectivity index (χ1n) is 10.4. The van der Waals surface area contributed by atoms with Crippen molar-refractivity contribution < 1.29 is 28.5 Å². The quantitative estimate of drug-likeness (QED) is 0.266. The van der Waals surface area contributed by atoms with Crippen molar-refractivity contribution in [3.8, 4) is 23.3 Å². The van der Waals surface area contributed by atoms with Gasteiger partial charge < -0.3 is 23.7 Å². The standard InChI is InChI=1S/C26H22N2O6/c1-31-24-15-18(7-13-22(30)20-9-11-21(29)12-10-20)8-14-23(24)32-17-25-27-28-26(34-25)33-16-19-5-3-2-4-6-19/h2-15,29H,16-17H2,1H3/b13-7+. The van der Waals surface area contributed by atoms with E-state index in [1.165, 1.54) is 25.3 Å². The number of aromatic hydroxyl groups is 1. The first-order chi connectivity index (χ1) is 16.6. The van der Waals surface area contributed by atoms with Gasteiger partial charge in [-0.15, -0.1) is 5.10 Å². The smallest absolute Gasteiger partial charge is 0.415 e. The van der Waals surface area contributed by atoms with Crippen LogP contribution >= 0.6 is 0 Å². The van der Waals surface area contributed by atoms with E-state index < -0.39 is 0 Å². The lowest BCUT2D eigenvalue weighted by atomic mass is 10.1. The number of hydrogen-bond acceptors (Lipinski definition) is 8. The third-order valence-electron chi connectivity index (χ3n) is 4.77. The number of methoxy groups -OCH3 is 1. The lowest BCUT2D eigenvalue weighted by molar-refractivity contribution is 0.104. The number of allylic oxidation sites excluding steroid dienone is 1. The van der Waals surface area contributed by atoms with Crippen LogP contribution in [0, 0.1) is 0 Å². The fourth-order valence-electron chi connectivity index (χ4n) is 3.01. The highest BCUT2D eigenvalue weighted by molar-refractivity contribution is 6.06. The molecule has 0 aliphatic heterocycles. The first kappa shape index (κ1) is 22.6. The number of aromatic nitrogens is 2. The predicted octanol–water partition coefficient (Wildman–Crippen LogP) is 4.84. The van der Waals surface area contributed by atoms with Gasteiger partial charge in [-0.05, 0) is 53.6 Å². The number of phenolic OH excluding ortho intramolecular Hbond substituents is 1. The van der Waals surface area contributed by atoms with Crippen molar-refractivity contribution in [3.05, 3.63) is 101 Å². The molecule has 34 heavy (non-hydrogen) atoms. The second-order valence-corrected chi connectivity index (χ2v) is 7.18. The molecule has 0 aliphatic carbocycles. The van der Waals surface area contributed by atoms with Crippen LogP contribution in [0.2, 0.25) is 0 Å². The normalized spacial score (nSPS) is 10.9. The van der Waals surface area contributed by atoms with E-state index in [2.05, 4.69) is 10.2 Å². The van der Waals surface area contributed by atoms with Gasteiger partial charge in [0.05, 0.1) is 7.11 Å². The molecule has 0 amide bonds. The zero-order valence-corrected chi connectivity index (χ0v) is 18.4. The van der Waals surface area contributed by atoms with E-state index >= 15 is 0 Å². The molecule has 0 aliphatic rings. The van der Waals surface area contributed by atoms with Crippen molar-refractivity contribution in [1.29, 1.82) is 0 Å². The molecular weight excluding hydrogens is 436 g/mol. The van der Waals surface area contributed by atoms with E-state index in [1.54, 1.807) is 36.4 Å². The van der Waals surface area contributed by atoms with Crippen molar-refractivity contribution >= 4 is 11.9 Å². The van der Waals surface area contributed by atoms with Crippen LogP contribution in [0.4, 0.5) is 0 Å². The van der Waals surface area contributed by atoms with Crippen LogP contribution in [-0.2, 0) is 13.2 Å². The summed E-state index contributed by atoms with van der Waals surface area (Å²) in [6, 6.07) is 21.0. The minimum atomic E-state index is -0.180. The van der Waals surface area contributed by atoms with Gasteiger partial charge in [0.15, 0.2) is 23.9 Å². The molecule has 3 aromatic carbocycles. The Hall–Kier alpha value is -4.59. The number of hydrogen-bond donors (Lipinski definition) is 1. The highest BCUT2D eigenvalue weighted by Gasteiger charge is 2.11. The van der Waals surface area contributed by atoms with Gasteiger partial charge in [-0.1, -0.05) is 47.6 Å². The molecular formula is C26H22N2O6. The second kappa shape index (κ2) is 10.8. The molecule has 8 heteroatoms. The summed E-state index contributed by atoms with van der Waals surface area (Å²) in [5.41, 5.74) is 2.22. The van der Waals surface area contributed by atoms with Crippen molar-refractivity contribution in [3.63, 3.8) is 0 Å². The number of benzene rings is 3. The molecule has 0 atom stereocenters. The number of phenols is 1. The summed E-state index contributed by atoms with van der Waals surface area (Å²) < 4.78 is 22.1. The van der Waals surface area contributed by atoms with Crippen LogP contribution in [0.25, 0.3) is 6.08 Å². The van der Waals surface area contributed by atoms with Crippen LogP contribution in [-0.4, -0.2) is 28.2 Å². The minimum absolute atomic E-state index is 0.0343. The average Bonchev–Trinajstić information content (AvgIpc) is 3.34. The Morgan fingerprint density at radius 1 is 0.941 bits per heavy atom. The number of nitrogens with zero attached hydrogens (tertiary/aromatic N) is 2. The molecule has 0 radical (unpaired) electrons. The average molecular weight is 458 g/mol. The van der Waals surface area contributed by atoms with Gasteiger partial charge >= 0.3 is 6.08 Å². The van der Waals surface area contributed by atoms with Gasteiger partial charge in [-0.2, -0.15) is 0 Å². The van der Waals surface area contributed by atoms with Crippen LogP contribution in [0.5, 0.6) is 23.3 Å². The number of ether oxygens (including phenoxy) is 3. The van der Waals surface area contributed by atoms with E-state index in [1.807, 2.05) is 30.3 Å². The van der Waals surface area contributed by atoms with Crippen LogP contribution in [0.15, 0.2) is 83.3 Å². The molecule has 172 valence electrons. The third-order valence-corrected chi connectivity index (χ3v) is 4.77. The zero-order chi connectivity index (χ0) is 23.8. The Morgan fingerprint density at radius 2 is 1.74 bits per heavy atom. The molecule has 0 bridgehead atoms. The Balaban J connectivity index is 1.34. The van der Waals surface area contributed by atoms with Gasteiger partial charge in [-0.25, -0.2) is 0 Å². The Bertz CT molecular complexity index is 1270. The fourth-order valence-corrected chi connectivity index (χ4v) is 3.01. The van der Waals surface area contributed by atoms with Crippen LogP contribution in [0.1, 0.15) is 27.4 Å². The van der Waals surface area contributed by atoms with Crippen LogP contribution < -0.4 is 14.2 Å². The minimum Gasteiger partial charge on any atom is -0.508 e. The highest BCUT2D eigenvalue weighted by atomic mass is 16.6. The summed E-state index contributed by atoms with van der Waals surface area (Å²) in [4.78, 5) is 12.3. The van der Waals surface area contributed by atoms with Gasteiger partial charge in [0.25, 0.3) is 5.89 Å². The van der Waals surface area contributed by atoms with Crippen molar-refractivity contribution in [2.24, 2.45) is 0 Å². The summed E-state index contributed by atoms with van der Waals surface area (Å²) in [5.74, 6) is 1.15. The van der Waals surface area contributed by atoms with Gasteiger partial charge in [0.2, 0.25) is 0 Å². The largest absolute Gasteiger partial charge is 0.508 e. The Kier molecular flexibility index (Phi) is 7.19. The highest BCUT2D eigenvalue weighted by Crippen LogP contribution is 2.29. The maximum absolute atomic E-state index is 12.3. The predicted molar refractivity (Wildman–Crippen MR) is 124 cm³/mol. The molecule has 1 aromatic heterocycles. The van der Waals surface area contributed by atoms with Gasteiger partial charge in [-0.3, -0.25) is 4.79 Å². The Morgan fingerprint density at radius 3 is 2.50 bits per heavy atom. The van der Waals surface area contributed by atoms with Gasteiger partial charge in [0.1, 0.15) is 12.4 Å². The summed E-state index contributed by atoms with van der Waals surface area (Å²) in [6.07, 6.45) is 3.20. The van der Waals surface area contributed by atoms with E-state index in [0.29, 0.717) is 23.7 Å². The SMILES string of the molecule is COc1cc(/C=C/C(=O)c2ccc(O)cc2)ccc1OCc1nnc(OCc2ccccc2)o1. The van der Waals surface area contributed by atoms with Gasteiger partial charge in [0, 0.05) is 5.56 Å². The number of carbonyl (C=O) groups excluding carboxylic acids is 1. The fraction of sp³-hybridized carbons (Fsp3) is 0.115. The summed E-state index contributed by atoms with van der Waals surface area (Å²) in [5, 5.41) is 17.1. The molecule has 1 N–H and O–H groups in total.